The summed E-state index contributed by atoms with van der Waals surface area (Å²) in [7, 11) is 0. The number of hydrogen-bond acceptors (Lipinski definition) is 6. The Balaban J connectivity index is 1.24. The molecule has 0 heterocycles. The van der Waals surface area contributed by atoms with E-state index in [1.165, 1.54) is 5.57 Å². The van der Waals surface area contributed by atoms with Crippen LogP contribution in [0.3, 0.4) is 0 Å². The highest BCUT2D eigenvalue weighted by molar-refractivity contribution is 6.10. The van der Waals surface area contributed by atoms with Crippen LogP contribution in [0.25, 0.3) is 10.8 Å². The molecule has 3 aliphatic carbocycles. The molecule has 1 fully saturated rings. The second-order valence-electron chi connectivity index (χ2n) is 16.6. The molecule has 8 rings (SSSR count). The third-order valence-electron chi connectivity index (χ3n) is 12.6. The van der Waals surface area contributed by atoms with E-state index in [0.717, 1.165) is 58.7 Å². The van der Waals surface area contributed by atoms with Crippen LogP contribution in [-0.2, 0) is 24.3 Å². The highest BCUT2D eigenvalue weighted by atomic mass is 16.5. The smallest absolute Gasteiger partial charge is 0.193 e. The van der Waals surface area contributed by atoms with Gasteiger partial charge in [-0.3, -0.25) is 9.69 Å². The quantitative estimate of drug-likeness (QED) is 0.0871. The molecule has 5 atom stereocenters. The van der Waals surface area contributed by atoms with Gasteiger partial charge in [0.15, 0.2) is 5.78 Å². The zero-order valence-corrected chi connectivity index (χ0v) is 32.9. The summed E-state index contributed by atoms with van der Waals surface area (Å²) in [6, 6.07) is 40.3. The van der Waals surface area contributed by atoms with Crippen molar-refractivity contribution in [2.24, 2.45) is 5.41 Å². The zero-order valence-electron chi connectivity index (χ0n) is 32.9. The maximum absolute atomic E-state index is 14.4. The van der Waals surface area contributed by atoms with Crippen LogP contribution >= 0.6 is 0 Å². The van der Waals surface area contributed by atoms with Gasteiger partial charge in [-0.2, -0.15) is 0 Å². The molecule has 3 aliphatic rings. The van der Waals surface area contributed by atoms with Crippen LogP contribution < -0.4 is 0 Å². The standard InChI is InChI=1S/C50H57NO5/c1-36-13-12-27-49(2)47(45-25-23-38(29-42(52)24-22-36)30-46(45)48(54)40-17-7-4-8-18-40)26-28-50(49,55)35-51(31-41-20-11-19-39-16-9-10-21-44(39)41)32-43(53)34-56-33-37-14-5-3-6-15-37/h3-11,13-21,23,25,30,42-43,47,52-53,55H,12,22,24,26-29,31-35H2,1-2H3. The molecule has 0 amide bonds. The number of carbonyl (C=O) groups is 1. The summed E-state index contributed by atoms with van der Waals surface area (Å²) in [6.45, 7) is 6.19. The van der Waals surface area contributed by atoms with E-state index in [4.69, 9.17) is 4.74 Å². The van der Waals surface area contributed by atoms with E-state index in [0.29, 0.717) is 56.6 Å². The molecule has 5 unspecified atom stereocenters. The van der Waals surface area contributed by atoms with Crippen molar-refractivity contribution in [3.05, 3.63) is 166 Å². The van der Waals surface area contributed by atoms with E-state index in [2.05, 4.69) is 79.4 Å². The predicted molar refractivity (Wildman–Crippen MR) is 225 cm³/mol. The molecule has 5 aromatic rings. The molecular formula is C50H57NO5. The molecule has 1 saturated carbocycles. The topological polar surface area (TPSA) is 90.2 Å². The van der Waals surface area contributed by atoms with E-state index in [-0.39, 0.29) is 18.3 Å². The van der Waals surface area contributed by atoms with Gasteiger partial charge >= 0.3 is 0 Å². The van der Waals surface area contributed by atoms with Gasteiger partial charge in [-0.15, -0.1) is 0 Å². The fourth-order valence-corrected chi connectivity index (χ4v) is 9.41. The van der Waals surface area contributed by atoms with Gasteiger partial charge in [-0.05, 0) is 96.9 Å². The lowest BCUT2D eigenvalue weighted by Gasteiger charge is -2.46. The number of allylic oxidation sites excluding steroid dienone is 2. The predicted octanol–water partition coefficient (Wildman–Crippen LogP) is 9.19. The number of rotatable bonds is 12. The Morgan fingerprint density at radius 2 is 1.62 bits per heavy atom. The second kappa shape index (κ2) is 17.8. The number of nitrogens with zero attached hydrogens (tertiary/aromatic N) is 1. The molecule has 0 radical (unpaired) electrons. The Morgan fingerprint density at radius 3 is 2.43 bits per heavy atom. The summed E-state index contributed by atoms with van der Waals surface area (Å²) in [4.78, 5) is 16.6. The minimum Gasteiger partial charge on any atom is -0.393 e. The number of fused-ring (bicyclic) bond motifs is 9. The van der Waals surface area contributed by atoms with E-state index < -0.39 is 23.2 Å². The van der Waals surface area contributed by atoms with Crippen molar-refractivity contribution in [1.82, 2.24) is 4.90 Å². The third kappa shape index (κ3) is 9.07. The molecule has 2 bridgehead atoms. The average molecular weight is 752 g/mol. The fourth-order valence-electron chi connectivity index (χ4n) is 9.41. The highest BCUT2D eigenvalue weighted by Gasteiger charge is 2.57. The van der Waals surface area contributed by atoms with Crippen LogP contribution in [0.1, 0.15) is 96.5 Å². The van der Waals surface area contributed by atoms with Gasteiger partial charge in [0.2, 0.25) is 0 Å². The van der Waals surface area contributed by atoms with Crippen molar-refractivity contribution in [3.63, 3.8) is 0 Å². The van der Waals surface area contributed by atoms with Gasteiger partial charge in [0, 0.05) is 36.2 Å². The van der Waals surface area contributed by atoms with Gasteiger partial charge in [0.05, 0.1) is 31.0 Å². The van der Waals surface area contributed by atoms with Crippen molar-refractivity contribution >= 4 is 16.6 Å². The van der Waals surface area contributed by atoms with Crippen molar-refractivity contribution in [2.45, 2.75) is 95.7 Å². The molecule has 0 spiro atoms. The lowest BCUT2D eigenvalue weighted by Crippen LogP contribution is -2.53. The molecule has 56 heavy (non-hydrogen) atoms. The van der Waals surface area contributed by atoms with Gasteiger partial charge in [-0.1, -0.05) is 134 Å². The van der Waals surface area contributed by atoms with Crippen molar-refractivity contribution in [1.29, 1.82) is 0 Å². The summed E-state index contributed by atoms with van der Waals surface area (Å²) in [5.41, 5.74) is 4.89. The molecule has 0 aromatic heterocycles. The third-order valence-corrected chi connectivity index (χ3v) is 12.6. The Kier molecular flexibility index (Phi) is 12.6. The van der Waals surface area contributed by atoms with Gasteiger partial charge in [0.1, 0.15) is 0 Å². The first-order valence-electron chi connectivity index (χ1n) is 20.4. The summed E-state index contributed by atoms with van der Waals surface area (Å²) >= 11 is 0. The van der Waals surface area contributed by atoms with Crippen molar-refractivity contribution in [3.8, 4) is 0 Å². The van der Waals surface area contributed by atoms with Crippen molar-refractivity contribution < 1.29 is 24.9 Å². The lowest BCUT2D eigenvalue weighted by molar-refractivity contribution is -0.0922. The number of carbonyl (C=O) groups excluding carboxylic acids is 1. The second-order valence-corrected chi connectivity index (χ2v) is 16.6. The first kappa shape index (κ1) is 39.8. The maximum atomic E-state index is 14.4. The van der Waals surface area contributed by atoms with Crippen LogP contribution in [0.2, 0.25) is 0 Å². The zero-order chi connectivity index (χ0) is 39.1. The highest BCUT2D eigenvalue weighted by Crippen LogP contribution is 2.59. The first-order chi connectivity index (χ1) is 27.1. The van der Waals surface area contributed by atoms with Crippen LogP contribution in [0.15, 0.2) is 133 Å². The average Bonchev–Trinajstić information content (AvgIpc) is 3.45. The molecule has 0 aliphatic heterocycles. The Bertz CT molecular complexity index is 2110. The molecule has 292 valence electrons. The normalized spacial score (nSPS) is 23.4. The maximum Gasteiger partial charge on any atom is 0.193 e. The van der Waals surface area contributed by atoms with Crippen LogP contribution in [0.4, 0.5) is 0 Å². The number of benzene rings is 5. The summed E-state index contributed by atoms with van der Waals surface area (Å²) in [5, 5.41) is 38.1. The van der Waals surface area contributed by atoms with Gasteiger partial charge in [0.25, 0.3) is 0 Å². The van der Waals surface area contributed by atoms with E-state index in [1.54, 1.807) is 0 Å². The Hall–Kier alpha value is -4.43. The van der Waals surface area contributed by atoms with Gasteiger partial charge in [-0.25, -0.2) is 0 Å². The molecule has 5 aromatic carbocycles. The summed E-state index contributed by atoms with van der Waals surface area (Å²) in [6.07, 6.45) is 5.71. The molecule has 6 heteroatoms. The Labute approximate surface area is 332 Å². The minimum absolute atomic E-state index is 0.0335. The summed E-state index contributed by atoms with van der Waals surface area (Å²) in [5.74, 6) is -0.127. The lowest BCUT2D eigenvalue weighted by atomic mass is 9.64. The molecule has 0 saturated heterocycles. The number of hydrogen-bond donors (Lipinski definition) is 3. The van der Waals surface area contributed by atoms with Crippen LogP contribution in [-0.4, -0.2) is 63.5 Å². The largest absolute Gasteiger partial charge is 0.393 e. The molecule has 6 nitrogen and oxygen atoms in total. The van der Waals surface area contributed by atoms with Crippen molar-refractivity contribution in [2.75, 3.05) is 19.7 Å². The minimum atomic E-state index is -1.13. The summed E-state index contributed by atoms with van der Waals surface area (Å²) < 4.78 is 6.01. The molecule has 3 N–H and O–H groups in total. The number of ether oxygens (including phenoxy) is 1. The number of aliphatic hydroxyl groups is 3. The number of ketones is 1. The molecular weight excluding hydrogens is 695 g/mol. The first-order valence-corrected chi connectivity index (χ1v) is 20.4. The fraction of sp³-hybridized carbons (Fsp3) is 0.380. The monoisotopic (exact) mass is 751 g/mol. The SMILES string of the molecule is CC1=CCCC2(C)C(CCC2(O)CN(Cc2cccc3ccccc23)CC(O)COCc2ccccc2)c2ccc(cc2C(=O)c2ccccc2)CC(O)CC1. The van der Waals surface area contributed by atoms with E-state index >= 15 is 0 Å². The van der Waals surface area contributed by atoms with Crippen LogP contribution in [0, 0.1) is 5.41 Å². The van der Waals surface area contributed by atoms with Crippen LogP contribution in [0.5, 0.6) is 0 Å². The Morgan fingerprint density at radius 1 is 0.893 bits per heavy atom. The van der Waals surface area contributed by atoms with E-state index in [1.807, 2.05) is 66.7 Å². The number of aliphatic hydroxyl groups excluding tert-OH is 2. The van der Waals surface area contributed by atoms with Gasteiger partial charge < -0.3 is 20.1 Å². The van der Waals surface area contributed by atoms with E-state index in [9.17, 15) is 20.1 Å².